The minimum atomic E-state index is -1.14. The van der Waals surface area contributed by atoms with Crippen LogP contribution in [0, 0.1) is 23.2 Å². The molecule has 1 aliphatic rings. The van der Waals surface area contributed by atoms with Gasteiger partial charge in [-0.1, -0.05) is 27.7 Å². The molecule has 5 heteroatoms. The molecule has 0 saturated carbocycles. The number of nitrogens with zero attached hydrogens (tertiary/aromatic N) is 1. The molecule has 1 heterocycles. The fraction of sp³-hybridized carbons (Fsp3) is 0.864. The van der Waals surface area contributed by atoms with E-state index in [2.05, 4.69) is 25.7 Å². The van der Waals surface area contributed by atoms with E-state index in [4.69, 9.17) is 4.74 Å². The Kier molecular flexibility index (Phi) is 9.65. The zero-order valence-corrected chi connectivity index (χ0v) is 18.1. The zero-order chi connectivity index (χ0) is 20.6. The third-order valence-corrected chi connectivity index (χ3v) is 5.73. The van der Waals surface area contributed by atoms with Gasteiger partial charge < -0.3 is 9.53 Å². The van der Waals surface area contributed by atoms with Crippen LogP contribution in [0.1, 0.15) is 73.6 Å². The predicted octanol–water partition coefficient (Wildman–Crippen LogP) is 3.89. The summed E-state index contributed by atoms with van der Waals surface area (Å²) in [6, 6.07) is 0.0148. The van der Waals surface area contributed by atoms with E-state index >= 15 is 0 Å². The Morgan fingerprint density at radius 3 is 2.41 bits per heavy atom. The maximum atomic E-state index is 12.9. The second kappa shape index (κ2) is 10.9. The molecule has 27 heavy (non-hydrogen) atoms. The molecule has 0 aromatic rings. The first-order valence-corrected chi connectivity index (χ1v) is 10.5. The maximum Gasteiger partial charge on any atom is 0.319 e. The molecule has 1 aliphatic heterocycles. The van der Waals surface area contributed by atoms with Gasteiger partial charge in [0.2, 0.25) is 0 Å². The molecular weight excluding hydrogens is 342 g/mol. The highest BCUT2D eigenvalue weighted by molar-refractivity contribution is 6.03. The summed E-state index contributed by atoms with van der Waals surface area (Å²) in [4.78, 5) is 38.8. The monoisotopic (exact) mass is 381 g/mol. The highest BCUT2D eigenvalue weighted by Gasteiger charge is 2.41. The van der Waals surface area contributed by atoms with Crippen molar-refractivity contribution in [3.8, 4) is 0 Å². The number of Topliss-reactive ketones (excluding diaryl/α,β-unsaturated/α-hetero) is 1. The van der Waals surface area contributed by atoms with Gasteiger partial charge in [0.05, 0.1) is 0 Å². The molecule has 4 atom stereocenters. The number of ketones is 1. The average Bonchev–Trinajstić information content (AvgIpc) is 2.59. The second-order valence-electron chi connectivity index (χ2n) is 9.06. The van der Waals surface area contributed by atoms with Crippen molar-refractivity contribution in [2.24, 2.45) is 23.2 Å². The Balaban J connectivity index is 3.12. The normalized spacial score (nSPS) is 31.3. The smallest absolute Gasteiger partial charge is 0.319 e. The number of carbonyl (C=O) groups excluding carboxylic acids is 3. The number of carbonyl (C=O) groups is 3. The Hall–Kier alpha value is -1.23. The summed E-state index contributed by atoms with van der Waals surface area (Å²) in [7, 11) is 0. The average molecular weight is 382 g/mol. The Morgan fingerprint density at radius 2 is 1.81 bits per heavy atom. The van der Waals surface area contributed by atoms with Gasteiger partial charge in [0, 0.05) is 24.9 Å². The van der Waals surface area contributed by atoms with Gasteiger partial charge in [-0.3, -0.25) is 14.5 Å². The van der Waals surface area contributed by atoms with Crippen molar-refractivity contribution < 1.29 is 19.1 Å². The fourth-order valence-electron chi connectivity index (χ4n) is 4.38. The van der Waals surface area contributed by atoms with Crippen LogP contribution in [0.2, 0.25) is 0 Å². The molecule has 0 spiro atoms. The molecule has 4 unspecified atom stereocenters. The van der Waals surface area contributed by atoms with Crippen LogP contribution in [0.25, 0.3) is 0 Å². The highest BCUT2D eigenvalue weighted by atomic mass is 16.5. The standard InChI is InChI=1S/C22H39NO4/c1-7-10-23-14-17(3)12-16(2)13-18(4)20(25)22(5,6)21(26)27-15-19(23)9-8-11-24/h11,16-19H,7-10,12-15H2,1-6H3. The lowest BCUT2D eigenvalue weighted by molar-refractivity contribution is -0.161. The van der Waals surface area contributed by atoms with Crippen LogP contribution in [0.4, 0.5) is 0 Å². The quantitative estimate of drug-likeness (QED) is 0.411. The van der Waals surface area contributed by atoms with Crippen molar-refractivity contribution >= 4 is 18.0 Å². The Morgan fingerprint density at radius 1 is 1.15 bits per heavy atom. The molecule has 156 valence electrons. The van der Waals surface area contributed by atoms with Crippen molar-refractivity contribution in [2.75, 3.05) is 19.7 Å². The topological polar surface area (TPSA) is 63.7 Å². The largest absolute Gasteiger partial charge is 0.463 e. The van der Waals surface area contributed by atoms with E-state index in [1.807, 2.05) is 6.92 Å². The third kappa shape index (κ3) is 7.02. The summed E-state index contributed by atoms with van der Waals surface area (Å²) in [6.07, 6.45) is 4.90. The van der Waals surface area contributed by atoms with Crippen molar-refractivity contribution in [3.63, 3.8) is 0 Å². The summed E-state index contributed by atoms with van der Waals surface area (Å²) in [5.74, 6) is 0.251. The van der Waals surface area contributed by atoms with Crippen molar-refractivity contribution in [1.82, 2.24) is 4.90 Å². The lowest BCUT2D eigenvalue weighted by atomic mass is 9.78. The van der Waals surface area contributed by atoms with Gasteiger partial charge in [0.25, 0.3) is 0 Å². The number of cyclic esters (lactones) is 1. The number of ether oxygens (including phenoxy) is 1. The van der Waals surface area contributed by atoms with Gasteiger partial charge >= 0.3 is 5.97 Å². The van der Waals surface area contributed by atoms with Crippen LogP contribution < -0.4 is 0 Å². The summed E-state index contributed by atoms with van der Waals surface area (Å²) in [6.45, 7) is 13.9. The van der Waals surface area contributed by atoms with Crippen LogP contribution >= 0.6 is 0 Å². The van der Waals surface area contributed by atoms with E-state index in [1.54, 1.807) is 13.8 Å². The summed E-state index contributed by atoms with van der Waals surface area (Å²) in [5, 5.41) is 0. The lowest BCUT2D eigenvalue weighted by Gasteiger charge is -2.34. The molecule has 0 radical (unpaired) electrons. The molecule has 0 aromatic heterocycles. The third-order valence-electron chi connectivity index (χ3n) is 5.73. The number of esters is 1. The maximum absolute atomic E-state index is 12.9. The molecule has 0 aliphatic carbocycles. The first-order chi connectivity index (χ1) is 12.6. The summed E-state index contributed by atoms with van der Waals surface area (Å²) >= 11 is 0. The van der Waals surface area contributed by atoms with Crippen LogP contribution in [0.15, 0.2) is 0 Å². The molecule has 1 fully saturated rings. The molecule has 0 bridgehead atoms. The van der Waals surface area contributed by atoms with E-state index in [0.29, 0.717) is 24.7 Å². The minimum absolute atomic E-state index is 0.0148. The second-order valence-corrected chi connectivity index (χ2v) is 9.06. The van der Waals surface area contributed by atoms with Gasteiger partial charge in [0.15, 0.2) is 5.78 Å². The molecule has 5 nitrogen and oxygen atoms in total. The lowest BCUT2D eigenvalue weighted by Crippen LogP contribution is -2.44. The Bertz CT molecular complexity index is 503. The molecule has 1 saturated heterocycles. The van der Waals surface area contributed by atoms with Gasteiger partial charge in [-0.05, 0) is 57.9 Å². The van der Waals surface area contributed by atoms with Crippen LogP contribution in [0.3, 0.4) is 0 Å². The van der Waals surface area contributed by atoms with Gasteiger partial charge in [-0.2, -0.15) is 0 Å². The minimum Gasteiger partial charge on any atom is -0.463 e. The first-order valence-electron chi connectivity index (χ1n) is 10.5. The van der Waals surface area contributed by atoms with Crippen LogP contribution in [0.5, 0.6) is 0 Å². The SMILES string of the molecule is CCCN1CC(C)CC(C)CC(C)C(=O)C(C)(C)C(=O)OCC1CCC=O. The van der Waals surface area contributed by atoms with Crippen molar-refractivity contribution in [2.45, 2.75) is 79.7 Å². The van der Waals surface area contributed by atoms with Gasteiger partial charge in [-0.15, -0.1) is 0 Å². The predicted molar refractivity (Wildman–Crippen MR) is 107 cm³/mol. The molecular formula is C22H39NO4. The summed E-state index contributed by atoms with van der Waals surface area (Å²) < 4.78 is 5.62. The highest BCUT2D eigenvalue weighted by Crippen LogP contribution is 2.30. The van der Waals surface area contributed by atoms with E-state index in [1.165, 1.54) is 0 Å². The van der Waals surface area contributed by atoms with E-state index in [-0.39, 0.29) is 24.3 Å². The fourth-order valence-corrected chi connectivity index (χ4v) is 4.38. The first kappa shape index (κ1) is 23.8. The van der Waals surface area contributed by atoms with Crippen molar-refractivity contribution in [1.29, 1.82) is 0 Å². The number of rotatable bonds is 5. The van der Waals surface area contributed by atoms with E-state index in [9.17, 15) is 14.4 Å². The number of aldehydes is 1. The van der Waals surface area contributed by atoms with Gasteiger partial charge in [-0.25, -0.2) is 0 Å². The van der Waals surface area contributed by atoms with E-state index in [0.717, 1.165) is 38.6 Å². The number of hydrogen-bond acceptors (Lipinski definition) is 5. The van der Waals surface area contributed by atoms with E-state index < -0.39 is 11.4 Å². The molecule has 1 rings (SSSR count). The number of hydrogen-bond donors (Lipinski definition) is 0. The Labute approximate surface area is 165 Å². The summed E-state index contributed by atoms with van der Waals surface area (Å²) in [5.41, 5.74) is -1.14. The molecule has 0 amide bonds. The molecule has 0 aromatic carbocycles. The van der Waals surface area contributed by atoms with Crippen molar-refractivity contribution in [3.05, 3.63) is 0 Å². The molecule has 0 N–H and O–H groups in total. The van der Waals surface area contributed by atoms with Crippen LogP contribution in [-0.4, -0.2) is 48.7 Å². The van der Waals surface area contributed by atoms with Gasteiger partial charge in [0.1, 0.15) is 18.3 Å². The zero-order valence-electron chi connectivity index (χ0n) is 18.1. The van der Waals surface area contributed by atoms with Crippen LogP contribution in [-0.2, 0) is 19.1 Å².